The van der Waals surface area contributed by atoms with Gasteiger partial charge in [0.2, 0.25) is 3.79 Å². The van der Waals surface area contributed by atoms with Crippen LogP contribution in [0.2, 0.25) is 5.04 Å². The minimum atomic E-state index is -2.86. The standard InChI is InChI=1S/C39H50Cl3N3O6Si/c1-37(2,3)52(31-17-8-6-9-18-31,32-19-10-7-11-20-32)51-27-38(4,5)33(43)26-34(45-36(46)50-28-39(40,41)42)44-29-15-14-16-30(25-29)47-23-24-49-35-21-12-13-22-48-35/h6-11,14-20,25-26,35H,12-13,21-24,27-28,43H2,1-5H3,(H,44,45,46). The second-order valence-electron chi connectivity index (χ2n) is 14.3. The smallest absolute Gasteiger partial charge is 0.412 e. The molecule has 0 spiro atoms. The highest BCUT2D eigenvalue weighted by molar-refractivity contribution is 6.99. The average Bonchev–Trinajstić information content (AvgIpc) is 3.10. The van der Waals surface area contributed by atoms with Crippen molar-refractivity contribution < 1.29 is 28.2 Å². The van der Waals surface area contributed by atoms with Crippen LogP contribution in [0.15, 0.2) is 102 Å². The van der Waals surface area contributed by atoms with Crippen molar-refractivity contribution in [3.63, 3.8) is 0 Å². The van der Waals surface area contributed by atoms with Gasteiger partial charge in [-0.1, -0.05) is 136 Å². The number of amidine groups is 1. The van der Waals surface area contributed by atoms with Gasteiger partial charge in [-0.25, -0.2) is 9.79 Å². The molecule has 0 aromatic heterocycles. The molecule has 1 saturated heterocycles. The zero-order valence-corrected chi connectivity index (χ0v) is 33.8. The molecular formula is C39H50Cl3N3O6Si. The summed E-state index contributed by atoms with van der Waals surface area (Å²) in [5.41, 5.74) is 7.03. The van der Waals surface area contributed by atoms with E-state index in [2.05, 4.69) is 55.3 Å². The van der Waals surface area contributed by atoms with Gasteiger partial charge in [-0.3, -0.25) is 5.32 Å². The first-order valence-corrected chi connectivity index (χ1v) is 20.4. The van der Waals surface area contributed by atoms with E-state index >= 15 is 0 Å². The minimum Gasteiger partial charge on any atom is -0.491 e. The first kappa shape index (κ1) is 41.7. The first-order chi connectivity index (χ1) is 24.6. The summed E-state index contributed by atoms with van der Waals surface area (Å²) < 4.78 is 27.9. The summed E-state index contributed by atoms with van der Waals surface area (Å²) in [5.74, 6) is 0.684. The molecule has 0 aliphatic carbocycles. The number of benzene rings is 3. The van der Waals surface area contributed by atoms with Crippen LogP contribution in [0.1, 0.15) is 53.9 Å². The third-order valence-corrected chi connectivity index (χ3v) is 13.9. The number of alkyl halides is 3. The summed E-state index contributed by atoms with van der Waals surface area (Å²) in [6.07, 6.45) is 3.55. The number of carbonyl (C=O) groups is 1. The molecule has 1 fully saturated rings. The molecule has 282 valence electrons. The number of halogens is 3. The van der Waals surface area contributed by atoms with Crippen LogP contribution in [0.5, 0.6) is 5.75 Å². The lowest BCUT2D eigenvalue weighted by molar-refractivity contribution is -0.165. The summed E-state index contributed by atoms with van der Waals surface area (Å²) in [7, 11) is -2.86. The zero-order chi connectivity index (χ0) is 37.8. The maximum absolute atomic E-state index is 12.8. The Bertz CT molecular complexity index is 1600. The number of hydrogen-bond acceptors (Lipinski definition) is 8. The number of nitrogens with zero attached hydrogens (tertiary/aromatic N) is 1. The molecule has 4 rings (SSSR count). The molecule has 1 heterocycles. The van der Waals surface area contributed by atoms with Crippen LogP contribution in [-0.2, 0) is 18.6 Å². The van der Waals surface area contributed by atoms with Crippen molar-refractivity contribution in [3.05, 3.63) is 96.7 Å². The molecule has 3 aromatic carbocycles. The van der Waals surface area contributed by atoms with Crippen LogP contribution in [-0.4, -0.2) is 63.4 Å². The Labute approximate surface area is 323 Å². The van der Waals surface area contributed by atoms with Crippen LogP contribution in [0, 0.1) is 5.41 Å². The van der Waals surface area contributed by atoms with Crippen molar-refractivity contribution in [2.75, 3.05) is 33.0 Å². The number of hydrogen-bond donors (Lipinski definition) is 2. The molecule has 3 N–H and O–H groups in total. The van der Waals surface area contributed by atoms with Gasteiger partial charge in [-0.2, -0.15) is 0 Å². The number of aliphatic imine (C=N–C) groups is 1. The van der Waals surface area contributed by atoms with E-state index in [9.17, 15) is 4.79 Å². The van der Waals surface area contributed by atoms with Crippen LogP contribution in [0.25, 0.3) is 0 Å². The van der Waals surface area contributed by atoms with Gasteiger partial charge in [0, 0.05) is 36.5 Å². The fourth-order valence-electron chi connectivity index (χ4n) is 5.82. The predicted octanol–water partition coefficient (Wildman–Crippen LogP) is 8.18. The van der Waals surface area contributed by atoms with Crippen molar-refractivity contribution in [3.8, 4) is 5.75 Å². The van der Waals surface area contributed by atoms with Crippen LogP contribution in [0.3, 0.4) is 0 Å². The fraction of sp³-hybridized carbons (Fsp3) is 0.436. The molecule has 1 aliphatic rings. The molecule has 1 amide bonds. The molecule has 1 atom stereocenters. The number of nitrogens with one attached hydrogen (secondary N) is 1. The maximum Gasteiger partial charge on any atom is 0.412 e. The van der Waals surface area contributed by atoms with Gasteiger partial charge >= 0.3 is 6.09 Å². The first-order valence-electron chi connectivity index (χ1n) is 17.4. The highest BCUT2D eigenvalue weighted by atomic mass is 35.6. The maximum atomic E-state index is 12.8. The van der Waals surface area contributed by atoms with E-state index in [1.807, 2.05) is 56.3 Å². The van der Waals surface area contributed by atoms with Gasteiger partial charge in [-0.05, 0) is 46.8 Å². The molecular weight excluding hydrogens is 741 g/mol. The largest absolute Gasteiger partial charge is 0.491 e. The fourth-order valence-corrected chi connectivity index (χ4v) is 10.7. The van der Waals surface area contributed by atoms with Crippen molar-refractivity contribution in [2.45, 2.75) is 69.0 Å². The van der Waals surface area contributed by atoms with Crippen molar-refractivity contribution in [2.24, 2.45) is 16.1 Å². The number of carbonyl (C=O) groups excluding carboxylic acids is 1. The Hall–Kier alpha value is -3.09. The summed E-state index contributed by atoms with van der Waals surface area (Å²) in [4.78, 5) is 17.5. The van der Waals surface area contributed by atoms with Crippen molar-refractivity contribution in [1.29, 1.82) is 0 Å². The van der Waals surface area contributed by atoms with Crippen molar-refractivity contribution >= 4 is 71.1 Å². The number of rotatable bonds is 14. The van der Waals surface area contributed by atoms with Crippen LogP contribution in [0.4, 0.5) is 10.5 Å². The van der Waals surface area contributed by atoms with E-state index in [-0.39, 0.29) is 23.8 Å². The minimum absolute atomic E-state index is 0.111. The van der Waals surface area contributed by atoms with Crippen molar-refractivity contribution in [1.82, 2.24) is 5.32 Å². The quantitative estimate of drug-likeness (QED) is 0.0557. The molecule has 52 heavy (non-hydrogen) atoms. The van der Waals surface area contributed by atoms with Gasteiger partial charge in [0.25, 0.3) is 8.32 Å². The Kier molecular flexibility index (Phi) is 15.1. The summed E-state index contributed by atoms with van der Waals surface area (Å²) >= 11 is 17.5. The highest BCUT2D eigenvalue weighted by Crippen LogP contribution is 2.38. The van der Waals surface area contributed by atoms with E-state index in [4.69, 9.17) is 63.9 Å². The Morgan fingerprint density at radius 2 is 1.58 bits per heavy atom. The summed E-state index contributed by atoms with van der Waals surface area (Å²) in [6.45, 7) is 11.9. The van der Waals surface area contributed by atoms with E-state index in [1.54, 1.807) is 24.3 Å². The molecule has 3 aromatic rings. The topological polar surface area (TPSA) is 114 Å². The number of nitrogens with two attached hydrogens (primary N) is 1. The van der Waals surface area contributed by atoms with Gasteiger partial charge in [0.05, 0.1) is 12.3 Å². The second kappa shape index (κ2) is 18.8. The second-order valence-corrected chi connectivity index (χ2v) is 21.1. The number of alkyl carbamates (subject to hydrolysis) is 1. The summed E-state index contributed by atoms with van der Waals surface area (Å²) in [6, 6.07) is 27.9. The van der Waals surface area contributed by atoms with E-state index in [1.165, 1.54) is 0 Å². The third-order valence-electron chi connectivity index (χ3n) is 8.60. The van der Waals surface area contributed by atoms with Crippen LogP contribution >= 0.6 is 34.8 Å². The molecule has 13 heteroatoms. The molecule has 9 nitrogen and oxygen atoms in total. The highest BCUT2D eigenvalue weighted by Gasteiger charge is 2.51. The Morgan fingerprint density at radius 1 is 0.923 bits per heavy atom. The van der Waals surface area contributed by atoms with Gasteiger partial charge in [0.15, 0.2) is 6.29 Å². The average molecular weight is 791 g/mol. The van der Waals surface area contributed by atoms with E-state index < -0.39 is 30.2 Å². The third kappa shape index (κ3) is 12.2. The SMILES string of the molecule is CC(C)(CO[Si](c1ccccc1)(c1ccccc1)C(C)(C)C)C(N)=CC(=Nc1cccc(OCCOC2CCCCO2)c1)NC(=O)OCC(Cl)(Cl)Cl. The molecule has 0 radical (unpaired) electrons. The molecule has 1 aliphatic heterocycles. The zero-order valence-electron chi connectivity index (χ0n) is 30.5. The lowest BCUT2D eigenvalue weighted by Gasteiger charge is -2.44. The van der Waals surface area contributed by atoms with E-state index in [0.29, 0.717) is 37.0 Å². The van der Waals surface area contributed by atoms with Gasteiger partial charge in [-0.15, -0.1) is 0 Å². The predicted molar refractivity (Wildman–Crippen MR) is 213 cm³/mol. The lowest BCUT2D eigenvalue weighted by atomic mass is 9.90. The monoisotopic (exact) mass is 789 g/mol. The molecule has 1 unspecified atom stereocenters. The van der Waals surface area contributed by atoms with Crippen LogP contribution < -0.4 is 26.2 Å². The lowest BCUT2D eigenvalue weighted by Crippen LogP contribution is -2.67. The summed E-state index contributed by atoms with van der Waals surface area (Å²) in [5, 5.41) is 4.73. The van der Waals surface area contributed by atoms with Gasteiger partial charge in [0.1, 0.15) is 24.8 Å². The number of ether oxygens (including phenoxy) is 4. The van der Waals surface area contributed by atoms with Gasteiger partial charge < -0.3 is 29.1 Å². The Morgan fingerprint density at radius 3 is 2.15 bits per heavy atom. The normalized spacial score (nSPS) is 16.3. The van der Waals surface area contributed by atoms with E-state index in [0.717, 1.165) is 29.6 Å². The number of amides is 1. The molecule has 0 bridgehead atoms. The Balaban J connectivity index is 1.59. The molecule has 0 saturated carbocycles.